The highest BCUT2D eigenvalue weighted by Crippen LogP contribution is 2.15. The molecule has 1 saturated heterocycles. The smallest absolute Gasteiger partial charge is 0.338 e. The second-order valence-corrected chi connectivity index (χ2v) is 6.37. The summed E-state index contributed by atoms with van der Waals surface area (Å²) in [6, 6.07) is 0. The average molecular weight is 390 g/mol. The number of nitrogens with zero attached hydrogens (tertiary/aromatic N) is 4. The minimum absolute atomic E-state index is 0.00139. The molecule has 0 bridgehead atoms. The Labute approximate surface area is 160 Å². The van der Waals surface area contributed by atoms with Crippen molar-refractivity contribution in [1.29, 1.82) is 0 Å². The van der Waals surface area contributed by atoms with Gasteiger partial charge < -0.3 is 20.5 Å². The molecule has 0 saturated carbocycles. The largest absolute Gasteiger partial charge is 0.478 e. The maximum atomic E-state index is 12.5. The van der Waals surface area contributed by atoms with Crippen LogP contribution in [0.1, 0.15) is 40.6 Å². The maximum Gasteiger partial charge on any atom is 0.338 e. The van der Waals surface area contributed by atoms with E-state index < -0.39 is 17.8 Å². The van der Waals surface area contributed by atoms with Crippen LogP contribution in [-0.2, 0) is 22.6 Å². The Balaban J connectivity index is 1.64. The molecule has 2 aromatic rings. The Hall–Kier alpha value is -3.21. The first-order valence-electron chi connectivity index (χ1n) is 8.99. The zero-order valence-corrected chi connectivity index (χ0v) is 15.4. The molecular formula is C17H22N6O5. The van der Waals surface area contributed by atoms with Crippen LogP contribution in [0.2, 0.25) is 0 Å². The van der Waals surface area contributed by atoms with Crippen molar-refractivity contribution in [2.75, 3.05) is 18.5 Å². The molecule has 1 atom stereocenters. The summed E-state index contributed by atoms with van der Waals surface area (Å²) in [5, 5.41) is 22.4. The molecule has 2 aromatic heterocycles. The second-order valence-electron chi connectivity index (χ2n) is 6.37. The normalized spacial score (nSPS) is 16.1. The van der Waals surface area contributed by atoms with Crippen LogP contribution < -0.4 is 10.6 Å². The highest BCUT2D eigenvalue weighted by molar-refractivity contribution is 6.02. The number of anilines is 1. The number of hydrogen-bond acceptors (Lipinski definition) is 6. The third-order valence-electron chi connectivity index (χ3n) is 4.27. The van der Waals surface area contributed by atoms with E-state index >= 15 is 0 Å². The fraction of sp³-hybridized carbons (Fsp3) is 0.471. The summed E-state index contributed by atoms with van der Waals surface area (Å²) in [5.41, 5.74) is 0.378. The molecule has 3 heterocycles. The minimum Gasteiger partial charge on any atom is -0.478 e. The SMILES string of the molecule is CCn1cc(NC(=O)Cn2cc(C(=O)O)cn2)c(C(=O)NCC2CCCO2)n1. The predicted molar refractivity (Wildman–Crippen MR) is 97.0 cm³/mol. The lowest BCUT2D eigenvalue weighted by Gasteiger charge is -2.10. The molecule has 1 fully saturated rings. The van der Waals surface area contributed by atoms with E-state index in [1.165, 1.54) is 10.9 Å². The Morgan fingerprint density at radius 3 is 2.79 bits per heavy atom. The Kier molecular flexibility index (Phi) is 6.04. The summed E-state index contributed by atoms with van der Waals surface area (Å²) in [6.45, 7) is 3.29. The molecule has 1 aliphatic heterocycles. The van der Waals surface area contributed by atoms with Gasteiger partial charge in [0.1, 0.15) is 6.54 Å². The number of nitrogens with one attached hydrogen (secondary N) is 2. The lowest BCUT2D eigenvalue weighted by molar-refractivity contribution is -0.116. The molecule has 0 aliphatic carbocycles. The number of amides is 2. The molecular weight excluding hydrogens is 368 g/mol. The van der Waals surface area contributed by atoms with Gasteiger partial charge in [0.15, 0.2) is 5.69 Å². The molecule has 3 rings (SSSR count). The lowest BCUT2D eigenvalue weighted by Crippen LogP contribution is -2.32. The third-order valence-corrected chi connectivity index (χ3v) is 4.27. The number of hydrogen-bond donors (Lipinski definition) is 3. The monoisotopic (exact) mass is 390 g/mol. The summed E-state index contributed by atoms with van der Waals surface area (Å²) in [5.74, 6) is -1.98. The molecule has 11 heteroatoms. The van der Waals surface area contributed by atoms with Crippen molar-refractivity contribution >= 4 is 23.5 Å². The number of carboxylic acids is 1. The molecule has 1 aliphatic rings. The van der Waals surface area contributed by atoms with E-state index in [1.807, 2.05) is 6.92 Å². The van der Waals surface area contributed by atoms with Crippen LogP contribution in [0.5, 0.6) is 0 Å². The van der Waals surface area contributed by atoms with Crippen molar-refractivity contribution in [1.82, 2.24) is 24.9 Å². The molecule has 0 spiro atoms. The summed E-state index contributed by atoms with van der Waals surface area (Å²) in [7, 11) is 0. The molecule has 150 valence electrons. The summed E-state index contributed by atoms with van der Waals surface area (Å²) in [6.07, 6.45) is 5.86. The molecule has 0 aromatic carbocycles. The van der Waals surface area contributed by atoms with E-state index in [0.29, 0.717) is 19.7 Å². The van der Waals surface area contributed by atoms with Gasteiger partial charge in [-0.3, -0.25) is 19.0 Å². The van der Waals surface area contributed by atoms with Crippen LogP contribution in [0.3, 0.4) is 0 Å². The number of carbonyl (C=O) groups excluding carboxylic acids is 2. The number of aryl methyl sites for hydroxylation is 1. The maximum absolute atomic E-state index is 12.5. The number of carboxylic acid groups (broad SMARTS) is 1. The van der Waals surface area contributed by atoms with Gasteiger partial charge in [-0.2, -0.15) is 10.2 Å². The second kappa shape index (κ2) is 8.65. The van der Waals surface area contributed by atoms with Crippen molar-refractivity contribution in [3.63, 3.8) is 0 Å². The van der Waals surface area contributed by atoms with Crippen LogP contribution in [0.15, 0.2) is 18.6 Å². The first-order valence-corrected chi connectivity index (χ1v) is 8.99. The van der Waals surface area contributed by atoms with Gasteiger partial charge in [0.25, 0.3) is 5.91 Å². The van der Waals surface area contributed by atoms with Gasteiger partial charge in [-0.1, -0.05) is 0 Å². The summed E-state index contributed by atoms with van der Waals surface area (Å²) >= 11 is 0. The molecule has 2 amide bonds. The molecule has 11 nitrogen and oxygen atoms in total. The number of carbonyl (C=O) groups is 3. The molecule has 3 N–H and O–H groups in total. The zero-order valence-electron chi connectivity index (χ0n) is 15.4. The third kappa shape index (κ3) is 4.74. The Bertz CT molecular complexity index is 867. The lowest BCUT2D eigenvalue weighted by atomic mass is 10.2. The average Bonchev–Trinajstić information content (AvgIpc) is 3.40. The highest BCUT2D eigenvalue weighted by Gasteiger charge is 2.21. The van der Waals surface area contributed by atoms with Crippen LogP contribution >= 0.6 is 0 Å². The van der Waals surface area contributed by atoms with Gasteiger partial charge in [0.2, 0.25) is 5.91 Å². The van der Waals surface area contributed by atoms with Crippen LogP contribution in [0.4, 0.5) is 5.69 Å². The first kappa shape index (κ1) is 19.5. The van der Waals surface area contributed by atoms with Gasteiger partial charge in [-0.05, 0) is 19.8 Å². The van der Waals surface area contributed by atoms with Crippen LogP contribution in [0, 0.1) is 0 Å². The van der Waals surface area contributed by atoms with Crippen molar-refractivity contribution in [3.8, 4) is 0 Å². The fourth-order valence-electron chi connectivity index (χ4n) is 2.84. The zero-order chi connectivity index (χ0) is 20.1. The summed E-state index contributed by atoms with van der Waals surface area (Å²) < 4.78 is 8.24. The van der Waals surface area contributed by atoms with Crippen molar-refractivity contribution in [3.05, 3.63) is 29.8 Å². The van der Waals surface area contributed by atoms with Crippen molar-refractivity contribution in [2.45, 2.75) is 39.0 Å². The van der Waals surface area contributed by atoms with E-state index in [4.69, 9.17) is 9.84 Å². The van der Waals surface area contributed by atoms with E-state index in [-0.39, 0.29) is 29.6 Å². The highest BCUT2D eigenvalue weighted by atomic mass is 16.5. The number of aromatic carboxylic acids is 1. The van der Waals surface area contributed by atoms with Gasteiger partial charge in [0, 0.05) is 32.1 Å². The van der Waals surface area contributed by atoms with Crippen LogP contribution in [-0.4, -0.2) is 61.7 Å². The number of rotatable bonds is 8. The Morgan fingerprint density at radius 1 is 1.32 bits per heavy atom. The van der Waals surface area contributed by atoms with Gasteiger partial charge >= 0.3 is 5.97 Å². The minimum atomic E-state index is -1.12. The quantitative estimate of drug-likeness (QED) is 0.590. The summed E-state index contributed by atoms with van der Waals surface area (Å²) in [4.78, 5) is 35.7. The first-order chi connectivity index (χ1) is 13.5. The number of aromatic nitrogens is 4. The predicted octanol–water partition coefficient (Wildman–Crippen LogP) is 0.345. The van der Waals surface area contributed by atoms with Crippen molar-refractivity contribution < 1.29 is 24.2 Å². The number of ether oxygens (including phenoxy) is 1. The molecule has 0 radical (unpaired) electrons. The molecule has 28 heavy (non-hydrogen) atoms. The van der Waals surface area contributed by atoms with E-state index in [0.717, 1.165) is 19.0 Å². The van der Waals surface area contributed by atoms with E-state index in [2.05, 4.69) is 20.8 Å². The van der Waals surface area contributed by atoms with E-state index in [1.54, 1.807) is 10.9 Å². The van der Waals surface area contributed by atoms with Gasteiger partial charge in [-0.15, -0.1) is 0 Å². The topological polar surface area (TPSA) is 140 Å². The fourth-order valence-corrected chi connectivity index (χ4v) is 2.84. The Morgan fingerprint density at radius 2 is 2.14 bits per heavy atom. The van der Waals surface area contributed by atoms with Crippen LogP contribution in [0.25, 0.3) is 0 Å². The standard InChI is InChI=1S/C17H22N6O5/c1-2-22-9-13(15(21-22)16(25)18-7-12-4-3-5-28-12)20-14(24)10-23-8-11(6-19-23)17(26)27/h6,8-9,12H,2-5,7,10H2,1H3,(H,18,25)(H,20,24)(H,26,27). The van der Waals surface area contributed by atoms with Gasteiger partial charge in [-0.25, -0.2) is 4.79 Å². The van der Waals surface area contributed by atoms with E-state index in [9.17, 15) is 14.4 Å². The molecule has 1 unspecified atom stereocenters. The van der Waals surface area contributed by atoms with Crippen molar-refractivity contribution in [2.24, 2.45) is 0 Å². The van der Waals surface area contributed by atoms with Gasteiger partial charge in [0.05, 0.1) is 23.6 Å².